The Labute approximate surface area is 125 Å². The quantitative estimate of drug-likeness (QED) is 0.721. The number of hydrogen-bond acceptors (Lipinski definition) is 4. The summed E-state index contributed by atoms with van der Waals surface area (Å²) < 4.78 is 1.48. The molecular formula is C13H14ClN5O2. The third-order valence-electron chi connectivity index (χ3n) is 2.75. The number of carbonyl (C=O) groups is 2. The number of nitrogens with zero attached hydrogens (tertiary/aromatic N) is 2. The highest BCUT2D eigenvalue weighted by molar-refractivity contribution is 6.34. The number of aromatic nitrogens is 2. The Hall–Kier alpha value is -2.54. The largest absolute Gasteiger partial charge is 0.399 e. The van der Waals surface area contributed by atoms with Crippen LogP contribution in [0.2, 0.25) is 5.02 Å². The van der Waals surface area contributed by atoms with Crippen molar-refractivity contribution in [2.24, 2.45) is 5.73 Å². The summed E-state index contributed by atoms with van der Waals surface area (Å²) in [4.78, 5) is 22.8. The maximum atomic E-state index is 11.8. The zero-order valence-corrected chi connectivity index (χ0v) is 11.8. The SMILES string of the molecule is NC(=O)c1cnn(CCC(=O)Nc2ccc(N)cc2Cl)c1. The van der Waals surface area contributed by atoms with Crippen molar-refractivity contribution >= 4 is 34.8 Å². The second-order valence-corrected chi connectivity index (χ2v) is 4.80. The summed E-state index contributed by atoms with van der Waals surface area (Å²) >= 11 is 5.97. The van der Waals surface area contributed by atoms with Gasteiger partial charge < -0.3 is 16.8 Å². The van der Waals surface area contributed by atoms with Crippen molar-refractivity contribution in [3.05, 3.63) is 41.2 Å². The van der Waals surface area contributed by atoms with Crippen LogP contribution >= 0.6 is 11.6 Å². The minimum atomic E-state index is -0.556. The van der Waals surface area contributed by atoms with E-state index in [0.717, 1.165) is 0 Å². The maximum Gasteiger partial charge on any atom is 0.251 e. The smallest absolute Gasteiger partial charge is 0.251 e. The highest BCUT2D eigenvalue weighted by Gasteiger charge is 2.08. The number of primary amides is 1. The van der Waals surface area contributed by atoms with E-state index in [0.29, 0.717) is 28.5 Å². The van der Waals surface area contributed by atoms with Gasteiger partial charge in [-0.2, -0.15) is 5.10 Å². The number of nitrogen functional groups attached to an aromatic ring is 1. The van der Waals surface area contributed by atoms with E-state index >= 15 is 0 Å². The predicted molar refractivity (Wildman–Crippen MR) is 79.9 cm³/mol. The van der Waals surface area contributed by atoms with Gasteiger partial charge in [0.15, 0.2) is 0 Å². The van der Waals surface area contributed by atoms with Crippen LogP contribution in [0.25, 0.3) is 0 Å². The van der Waals surface area contributed by atoms with Gasteiger partial charge in [-0.25, -0.2) is 0 Å². The molecule has 2 rings (SSSR count). The first-order valence-electron chi connectivity index (χ1n) is 6.13. The van der Waals surface area contributed by atoms with E-state index in [2.05, 4.69) is 10.4 Å². The van der Waals surface area contributed by atoms with Crippen molar-refractivity contribution in [3.8, 4) is 0 Å². The van der Waals surface area contributed by atoms with Crippen molar-refractivity contribution in [1.82, 2.24) is 9.78 Å². The van der Waals surface area contributed by atoms with E-state index in [4.69, 9.17) is 23.1 Å². The van der Waals surface area contributed by atoms with Crippen LogP contribution in [0.1, 0.15) is 16.8 Å². The second-order valence-electron chi connectivity index (χ2n) is 4.39. The average Bonchev–Trinajstić information content (AvgIpc) is 2.89. The van der Waals surface area contributed by atoms with Crippen molar-refractivity contribution in [2.75, 3.05) is 11.1 Å². The van der Waals surface area contributed by atoms with Gasteiger partial charge in [-0.1, -0.05) is 11.6 Å². The summed E-state index contributed by atoms with van der Waals surface area (Å²) in [7, 11) is 0. The first kappa shape index (κ1) is 14.9. The van der Waals surface area contributed by atoms with Crippen LogP contribution < -0.4 is 16.8 Å². The van der Waals surface area contributed by atoms with Crippen LogP contribution in [0.15, 0.2) is 30.6 Å². The molecule has 1 aromatic carbocycles. The highest BCUT2D eigenvalue weighted by atomic mass is 35.5. The lowest BCUT2D eigenvalue weighted by Gasteiger charge is -2.07. The van der Waals surface area contributed by atoms with Crippen LogP contribution in [-0.4, -0.2) is 21.6 Å². The topological polar surface area (TPSA) is 116 Å². The zero-order valence-electron chi connectivity index (χ0n) is 11.0. The van der Waals surface area contributed by atoms with Crippen LogP contribution in [0.3, 0.4) is 0 Å². The molecule has 8 heteroatoms. The molecule has 0 aliphatic carbocycles. The molecule has 0 bridgehead atoms. The number of benzene rings is 1. The third kappa shape index (κ3) is 3.96. The number of nitrogens with one attached hydrogen (secondary N) is 1. The Morgan fingerprint density at radius 2 is 2.14 bits per heavy atom. The van der Waals surface area contributed by atoms with Gasteiger partial charge in [0.1, 0.15) is 0 Å². The fourth-order valence-corrected chi connectivity index (χ4v) is 1.91. The lowest BCUT2D eigenvalue weighted by atomic mass is 10.2. The van der Waals surface area contributed by atoms with Gasteiger partial charge in [0.05, 0.1) is 22.5 Å². The molecule has 5 N–H and O–H groups in total. The van der Waals surface area contributed by atoms with Gasteiger partial charge in [0, 0.05) is 24.8 Å². The number of aryl methyl sites for hydroxylation is 1. The Bertz CT molecular complexity index is 683. The van der Waals surface area contributed by atoms with Crippen LogP contribution in [-0.2, 0) is 11.3 Å². The molecule has 0 aliphatic rings. The van der Waals surface area contributed by atoms with E-state index in [1.165, 1.54) is 17.1 Å². The molecule has 0 aliphatic heterocycles. The number of carbonyl (C=O) groups excluding carboxylic acids is 2. The lowest BCUT2D eigenvalue weighted by molar-refractivity contribution is -0.116. The summed E-state index contributed by atoms with van der Waals surface area (Å²) in [6.45, 7) is 0.325. The van der Waals surface area contributed by atoms with Gasteiger partial charge in [-0.15, -0.1) is 0 Å². The molecule has 2 amide bonds. The number of nitrogens with two attached hydrogens (primary N) is 2. The Morgan fingerprint density at radius 3 is 2.76 bits per heavy atom. The summed E-state index contributed by atoms with van der Waals surface area (Å²) in [6, 6.07) is 4.84. The third-order valence-corrected chi connectivity index (χ3v) is 3.07. The summed E-state index contributed by atoms with van der Waals surface area (Å²) in [5, 5.41) is 6.99. The van der Waals surface area contributed by atoms with E-state index in [1.807, 2.05) is 0 Å². The molecular weight excluding hydrogens is 294 g/mol. The van der Waals surface area contributed by atoms with E-state index < -0.39 is 5.91 Å². The van der Waals surface area contributed by atoms with Crippen LogP contribution in [0, 0.1) is 0 Å². The summed E-state index contributed by atoms with van der Waals surface area (Å²) in [6.07, 6.45) is 3.03. The van der Waals surface area contributed by atoms with Gasteiger partial charge >= 0.3 is 0 Å². The molecule has 0 atom stereocenters. The van der Waals surface area contributed by atoms with Crippen molar-refractivity contribution < 1.29 is 9.59 Å². The number of anilines is 2. The van der Waals surface area contributed by atoms with Crippen LogP contribution in [0.5, 0.6) is 0 Å². The fraction of sp³-hybridized carbons (Fsp3) is 0.154. The molecule has 0 saturated carbocycles. The fourth-order valence-electron chi connectivity index (χ4n) is 1.67. The number of hydrogen-bond donors (Lipinski definition) is 3. The normalized spacial score (nSPS) is 10.3. The minimum absolute atomic E-state index is 0.181. The Balaban J connectivity index is 1.91. The second kappa shape index (κ2) is 6.27. The molecule has 0 fully saturated rings. The van der Waals surface area contributed by atoms with Gasteiger partial charge in [0.25, 0.3) is 5.91 Å². The lowest BCUT2D eigenvalue weighted by Crippen LogP contribution is -2.15. The van der Waals surface area contributed by atoms with Crippen molar-refractivity contribution in [2.45, 2.75) is 13.0 Å². The summed E-state index contributed by atoms with van der Waals surface area (Å²) in [5.74, 6) is -0.780. The zero-order chi connectivity index (χ0) is 15.4. The molecule has 110 valence electrons. The average molecular weight is 308 g/mol. The summed E-state index contributed by atoms with van der Waals surface area (Å²) in [5.41, 5.74) is 12.0. The molecule has 0 unspecified atom stereocenters. The number of rotatable bonds is 5. The maximum absolute atomic E-state index is 11.8. The molecule has 7 nitrogen and oxygen atoms in total. The molecule has 0 radical (unpaired) electrons. The monoisotopic (exact) mass is 307 g/mol. The highest BCUT2D eigenvalue weighted by Crippen LogP contribution is 2.24. The Morgan fingerprint density at radius 1 is 1.38 bits per heavy atom. The van der Waals surface area contributed by atoms with E-state index in [-0.39, 0.29) is 12.3 Å². The van der Waals surface area contributed by atoms with Crippen molar-refractivity contribution in [3.63, 3.8) is 0 Å². The van der Waals surface area contributed by atoms with Crippen LogP contribution in [0.4, 0.5) is 11.4 Å². The number of halogens is 1. The molecule has 2 aromatic rings. The molecule has 0 saturated heterocycles. The van der Waals surface area contributed by atoms with Gasteiger partial charge in [-0.05, 0) is 18.2 Å². The van der Waals surface area contributed by atoms with E-state index in [9.17, 15) is 9.59 Å². The van der Waals surface area contributed by atoms with E-state index in [1.54, 1.807) is 18.2 Å². The predicted octanol–water partition coefficient (Wildman–Crippen LogP) is 1.25. The first-order valence-corrected chi connectivity index (χ1v) is 6.50. The molecule has 1 aromatic heterocycles. The van der Waals surface area contributed by atoms with Crippen molar-refractivity contribution in [1.29, 1.82) is 0 Å². The number of amides is 2. The van der Waals surface area contributed by atoms with Gasteiger partial charge in [0.2, 0.25) is 5.91 Å². The minimum Gasteiger partial charge on any atom is -0.399 e. The Kier molecular flexibility index (Phi) is 4.44. The van der Waals surface area contributed by atoms with Gasteiger partial charge in [-0.3, -0.25) is 14.3 Å². The molecule has 0 spiro atoms. The standard InChI is InChI=1S/C13H14ClN5O2/c14-10-5-9(15)1-2-11(10)18-12(20)3-4-19-7-8(6-17-19)13(16)21/h1-2,5-7H,3-4,15H2,(H2,16,21)(H,18,20). The molecule has 21 heavy (non-hydrogen) atoms. The first-order chi connectivity index (χ1) is 9.95. The molecule has 1 heterocycles.